The van der Waals surface area contributed by atoms with Gasteiger partial charge in [0.05, 0.1) is 11.0 Å². The summed E-state index contributed by atoms with van der Waals surface area (Å²) in [6, 6.07) is 11.2. The van der Waals surface area contributed by atoms with Crippen LogP contribution in [0.3, 0.4) is 0 Å². The van der Waals surface area contributed by atoms with E-state index >= 15 is 0 Å². The van der Waals surface area contributed by atoms with Crippen LogP contribution in [0.25, 0.3) is 0 Å². The second-order valence-corrected chi connectivity index (χ2v) is 6.29. The Balaban J connectivity index is 2.29. The maximum atomic E-state index is 12.8. The van der Waals surface area contributed by atoms with E-state index in [9.17, 15) is 17.9 Å². The van der Waals surface area contributed by atoms with E-state index in [1.54, 1.807) is 12.1 Å². The molecule has 0 aliphatic rings. The van der Waals surface area contributed by atoms with Crippen molar-refractivity contribution in [3.63, 3.8) is 0 Å². The second kappa shape index (κ2) is 6.24. The minimum atomic E-state index is -3.77. The zero-order valence-corrected chi connectivity index (χ0v) is 12.3. The zero-order chi connectivity index (χ0) is 15.5. The Morgan fingerprint density at radius 1 is 1.19 bits per heavy atom. The molecule has 0 aromatic heterocycles. The summed E-state index contributed by atoms with van der Waals surface area (Å²) in [7, 11) is -3.77. The van der Waals surface area contributed by atoms with Gasteiger partial charge in [0.1, 0.15) is 5.82 Å². The predicted octanol–water partition coefficient (Wildman–Crippen LogP) is 3.07. The molecule has 0 radical (unpaired) electrons. The van der Waals surface area contributed by atoms with Gasteiger partial charge in [-0.1, -0.05) is 19.1 Å². The normalized spacial score (nSPS) is 12.9. The molecule has 1 unspecified atom stereocenters. The van der Waals surface area contributed by atoms with E-state index in [2.05, 4.69) is 4.72 Å². The molecule has 0 heterocycles. The van der Waals surface area contributed by atoms with Crippen LogP contribution in [0.4, 0.5) is 10.1 Å². The summed E-state index contributed by atoms with van der Waals surface area (Å²) in [6.45, 7) is 1.81. The monoisotopic (exact) mass is 309 g/mol. The van der Waals surface area contributed by atoms with Gasteiger partial charge < -0.3 is 5.11 Å². The van der Waals surface area contributed by atoms with Crippen LogP contribution in [0.5, 0.6) is 0 Å². The number of nitrogens with one attached hydrogen (secondary N) is 1. The Bertz CT molecular complexity index is 714. The minimum Gasteiger partial charge on any atom is -0.388 e. The van der Waals surface area contributed by atoms with Crippen molar-refractivity contribution in [1.29, 1.82) is 0 Å². The van der Waals surface area contributed by atoms with Crippen molar-refractivity contribution in [2.24, 2.45) is 0 Å². The number of aliphatic hydroxyl groups is 1. The maximum absolute atomic E-state index is 12.8. The summed E-state index contributed by atoms with van der Waals surface area (Å²) in [5.41, 5.74) is 0.817. The topological polar surface area (TPSA) is 66.4 Å². The van der Waals surface area contributed by atoms with Gasteiger partial charge in [-0.25, -0.2) is 12.8 Å². The fraction of sp³-hybridized carbons (Fsp3) is 0.200. The molecule has 0 amide bonds. The van der Waals surface area contributed by atoms with Gasteiger partial charge >= 0.3 is 0 Å². The number of aliphatic hydroxyl groups excluding tert-OH is 1. The Morgan fingerprint density at radius 2 is 1.86 bits per heavy atom. The largest absolute Gasteiger partial charge is 0.388 e. The number of sulfonamides is 1. The molecule has 2 aromatic carbocycles. The SMILES string of the molecule is CCC(O)c1cccc(S(=O)(=O)Nc2ccc(F)cc2)c1. The highest BCUT2D eigenvalue weighted by Crippen LogP contribution is 2.22. The van der Waals surface area contributed by atoms with Gasteiger partial charge in [0.25, 0.3) is 10.0 Å². The molecule has 0 aliphatic carbocycles. The van der Waals surface area contributed by atoms with Crippen LogP contribution in [0.15, 0.2) is 53.4 Å². The first-order chi connectivity index (χ1) is 9.92. The molecular weight excluding hydrogens is 293 g/mol. The van der Waals surface area contributed by atoms with Crippen molar-refractivity contribution >= 4 is 15.7 Å². The van der Waals surface area contributed by atoms with Crippen LogP contribution in [-0.4, -0.2) is 13.5 Å². The van der Waals surface area contributed by atoms with Crippen molar-refractivity contribution in [3.05, 3.63) is 59.9 Å². The van der Waals surface area contributed by atoms with Crippen LogP contribution >= 0.6 is 0 Å². The molecule has 1 atom stereocenters. The van der Waals surface area contributed by atoms with E-state index in [1.165, 1.54) is 36.4 Å². The van der Waals surface area contributed by atoms with E-state index in [0.29, 0.717) is 12.0 Å². The van der Waals surface area contributed by atoms with Gasteiger partial charge in [-0.15, -0.1) is 0 Å². The van der Waals surface area contributed by atoms with Crippen LogP contribution in [0, 0.1) is 5.82 Å². The lowest BCUT2D eigenvalue weighted by molar-refractivity contribution is 0.173. The minimum absolute atomic E-state index is 0.0526. The summed E-state index contributed by atoms with van der Waals surface area (Å²) in [5, 5.41) is 9.78. The number of halogens is 1. The van der Waals surface area contributed by atoms with E-state index in [1.807, 2.05) is 6.92 Å². The summed E-state index contributed by atoms with van der Waals surface area (Å²) in [6.07, 6.45) is -0.208. The van der Waals surface area contributed by atoms with Crippen molar-refractivity contribution in [3.8, 4) is 0 Å². The fourth-order valence-electron chi connectivity index (χ4n) is 1.86. The maximum Gasteiger partial charge on any atom is 0.261 e. The third kappa shape index (κ3) is 3.80. The summed E-state index contributed by atoms with van der Waals surface area (Å²) < 4.78 is 39.7. The van der Waals surface area contributed by atoms with Crippen molar-refractivity contribution < 1.29 is 17.9 Å². The molecule has 21 heavy (non-hydrogen) atoms. The van der Waals surface area contributed by atoms with Gasteiger partial charge in [-0.05, 0) is 48.4 Å². The van der Waals surface area contributed by atoms with Crippen molar-refractivity contribution in [2.75, 3.05) is 4.72 Å². The van der Waals surface area contributed by atoms with Crippen LogP contribution < -0.4 is 4.72 Å². The van der Waals surface area contributed by atoms with E-state index in [0.717, 1.165) is 0 Å². The molecule has 4 nitrogen and oxygen atoms in total. The van der Waals surface area contributed by atoms with Gasteiger partial charge in [-0.3, -0.25) is 4.72 Å². The lowest BCUT2D eigenvalue weighted by atomic mass is 10.1. The van der Waals surface area contributed by atoms with Crippen LogP contribution in [0.2, 0.25) is 0 Å². The van der Waals surface area contributed by atoms with E-state index < -0.39 is 21.9 Å². The highest BCUT2D eigenvalue weighted by atomic mass is 32.2. The molecule has 112 valence electrons. The highest BCUT2D eigenvalue weighted by molar-refractivity contribution is 7.92. The molecule has 0 saturated carbocycles. The van der Waals surface area contributed by atoms with Crippen molar-refractivity contribution in [1.82, 2.24) is 0 Å². The molecule has 2 N–H and O–H groups in total. The zero-order valence-electron chi connectivity index (χ0n) is 11.5. The number of hydrogen-bond acceptors (Lipinski definition) is 3. The molecule has 0 aliphatic heterocycles. The fourth-order valence-corrected chi connectivity index (χ4v) is 2.97. The summed E-state index contributed by atoms with van der Waals surface area (Å²) >= 11 is 0. The van der Waals surface area contributed by atoms with Gasteiger partial charge in [0.15, 0.2) is 0 Å². The number of anilines is 1. The van der Waals surface area contributed by atoms with E-state index in [4.69, 9.17) is 0 Å². The first kappa shape index (κ1) is 15.5. The summed E-state index contributed by atoms with van der Waals surface area (Å²) in [5.74, 6) is -0.439. The lowest BCUT2D eigenvalue weighted by Gasteiger charge is -2.12. The van der Waals surface area contributed by atoms with Crippen molar-refractivity contribution in [2.45, 2.75) is 24.3 Å². The second-order valence-electron chi connectivity index (χ2n) is 4.61. The first-order valence-electron chi connectivity index (χ1n) is 6.49. The van der Waals surface area contributed by atoms with Gasteiger partial charge in [0.2, 0.25) is 0 Å². The Hall–Kier alpha value is -1.92. The lowest BCUT2D eigenvalue weighted by Crippen LogP contribution is -2.13. The third-order valence-electron chi connectivity index (χ3n) is 3.04. The summed E-state index contributed by atoms with van der Waals surface area (Å²) in [4.78, 5) is 0.0526. The molecule has 0 bridgehead atoms. The van der Waals surface area contributed by atoms with E-state index in [-0.39, 0.29) is 10.6 Å². The van der Waals surface area contributed by atoms with Crippen LogP contribution in [0.1, 0.15) is 25.0 Å². The third-order valence-corrected chi connectivity index (χ3v) is 4.42. The number of rotatable bonds is 5. The van der Waals surface area contributed by atoms with Gasteiger partial charge in [-0.2, -0.15) is 0 Å². The first-order valence-corrected chi connectivity index (χ1v) is 7.97. The Labute approximate surface area is 123 Å². The highest BCUT2D eigenvalue weighted by Gasteiger charge is 2.16. The average Bonchev–Trinajstić information content (AvgIpc) is 2.49. The molecular formula is C15H16FNO3S. The molecule has 0 fully saturated rings. The smallest absolute Gasteiger partial charge is 0.261 e. The predicted molar refractivity (Wildman–Crippen MR) is 78.9 cm³/mol. The van der Waals surface area contributed by atoms with Gasteiger partial charge in [0, 0.05) is 5.69 Å². The average molecular weight is 309 g/mol. The molecule has 6 heteroatoms. The number of benzene rings is 2. The molecule has 2 aromatic rings. The van der Waals surface area contributed by atoms with Crippen LogP contribution in [-0.2, 0) is 10.0 Å². The molecule has 0 saturated heterocycles. The standard InChI is InChI=1S/C15H16FNO3S/c1-2-15(18)11-4-3-5-14(10-11)21(19,20)17-13-8-6-12(16)7-9-13/h3-10,15,17-18H,2H2,1H3. The molecule has 0 spiro atoms. The number of hydrogen-bond donors (Lipinski definition) is 2. The quantitative estimate of drug-likeness (QED) is 0.892. The molecule has 2 rings (SSSR count). The Kier molecular flexibility index (Phi) is 4.59. The Morgan fingerprint density at radius 3 is 2.48 bits per heavy atom.